The molecule has 0 radical (unpaired) electrons. The van der Waals surface area contributed by atoms with Gasteiger partial charge in [0.05, 0.1) is 11.1 Å². The number of anilines is 2. The number of imide groups is 1. The highest BCUT2D eigenvalue weighted by molar-refractivity contribution is 6.22. The van der Waals surface area contributed by atoms with Gasteiger partial charge in [0, 0.05) is 17.1 Å². The van der Waals surface area contributed by atoms with E-state index in [-0.39, 0.29) is 11.1 Å². The molecule has 0 fully saturated rings. The number of hydrogen-bond donors (Lipinski definition) is 1. The molecule has 1 aliphatic heterocycles. The molecule has 31 heavy (non-hydrogen) atoms. The summed E-state index contributed by atoms with van der Waals surface area (Å²) in [6, 6.07) is 14.0. The third kappa shape index (κ3) is 4.00. The summed E-state index contributed by atoms with van der Waals surface area (Å²) in [5.74, 6) is -0.939. The number of hydrogen-bond acceptors (Lipinski definition) is 7. The summed E-state index contributed by atoms with van der Waals surface area (Å²) in [6.07, 6.45) is 0. The van der Waals surface area contributed by atoms with Crippen molar-refractivity contribution in [3.63, 3.8) is 0 Å². The van der Waals surface area contributed by atoms with Crippen molar-refractivity contribution in [1.29, 1.82) is 0 Å². The van der Waals surface area contributed by atoms with Crippen LogP contribution in [0.3, 0.4) is 0 Å². The minimum absolute atomic E-state index is 0.288. The van der Waals surface area contributed by atoms with E-state index in [1.807, 2.05) is 19.9 Å². The Morgan fingerprint density at radius 1 is 0.935 bits per heavy atom. The van der Waals surface area contributed by atoms with Crippen molar-refractivity contribution in [2.45, 2.75) is 26.8 Å². The first-order valence-electron chi connectivity index (χ1n) is 9.71. The van der Waals surface area contributed by atoms with Crippen LogP contribution in [0.1, 0.15) is 39.0 Å². The lowest BCUT2D eigenvalue weighted by Crippen LogP contribution is -2.44. The van der Waals surface area contributed by atoms with Crippen LogP contribution < -0.4 is 10.1 Å². The smallest absolute Gasteiger partial charge is 0.334 e. The number of fused-ring (bicyclic) bond motifs is 1. The predicted molar refractivity (Wildman–Crippen MR) is 113 cm³/mol. The van der Waals surface area contributed by atoms with Crippen LogP contribution in [0.5, 0.6) is 5.75 Å². The summed E-state index contributed by atoms with van der Waals surface area (Å²) in [4.78, 5) is 47.3. The molecule has 8 nitrogen and oxygen atoms in total. The van der Waals surface area contributed by atoms with E-state index in [0.29, 0.717) is 11.7 Å². The topological polar surface area (TPSA) is 101 Å². The number of ether oxygens (including phenoxy) is 1. The minimum Gasteiger partial charge on any atom is -0.425 e. The normalized spacial score (nSPS) is 13.7. The van der Waals surface area contributed by atoms with Gasteiger partial charge in [-0.3, -0.25) is 14.5 Å². The van der Waals surface area contributed by atoms with Crippen LogP contribution in [-0.4, -0.2) is 38.7 Å². The van der Waals surface area contributed by atoms with Gasteiger partial charge in [0.1, 0.15) is 11.8 Å². The van der Waals surface area contributed by atoms with Gasteiger partial charge in [-0.25, -0.2) is 14.8 Å². The summed E-state index contributed by atoms with van der Waals surface area (Å²) in [7, 11) is 0. The molecule has 4 rings (SSSR count). The van der Waals surface area contributed by atoms with Crippen LogP contribution in [0, 0.1) is 13.8 Å². The zero-order valence-electron chi connectivity index (χ0n) is 17.2. The maximum atomic E-state index is 12.6. The largest absolute Gasteiger partial charge is 0.425 e. The molecule has 0 bridgehead atoms. The highest BCUT2D eigenvalue weighted by atomic mass is 16.5. The Morgan fingerprint density at radius 3 is 2.03 bits per heavy atom. The molecule has 8 heteroatoms. The average molecular weight is 416 g/mol. The van der Waals surface area contributed by atoms with Gasteiger partial charge in [0.2, 0.25) is 5.95 Å². The maximum Gasteiger partial charge on any atom is 0.334 e. The van der Waals surface area contributed by atoms with Crippen LogP contribution in [0.4, 0.5) is 11.6 Å². The maximum absolute atomic E-state index is 12.6. The number of nitrogens with zero attached hydrogens (tertiary/aromatic N) is 3. The van der Waals surface area contributed by atoms with Gasteiger partial charge < -0.3 is 10.1 Å². The Bertz CT molecular complexity index is 1140. The summed E-state index contributed by atoms with van der Waals surface area (Å²) in [5.41, 5.74) is 3.00. The first-order valence-corrected chi connectivity index (χ1v) is 9.71. The van der Waals surface area contributed by atoms with E-state index in [1.165, 1.54) is 6.92 Å². The molecule has 0 unspecified atom stereocenters. The Morgan fingerprint density at radius 2 is 1.48 bits per heavy atom. The quantitative estimate of drug-likeness (QED) is 0.386. The number of benzene rings is 2. The highest BCUT2D eigenvalue weighted by Crippen LogP contribution is 2.25. The molecule has 1 aliphatic rings. The zero-order valence-corrected chi connectivity index (χ0v) is 17.2. The zero-order chi connectivity index (χ0) is 22.1. The van der Waals surface area contributed by atoms with Crippen LogP contribution in [-0.2, 0) is 4.79 Å². The number of carbonyl (C=O) groups excluding carboxylic acids is 3. The van der Waals surface area contributed by atoms with E-state index < -0.39 is 23.8 Å². The lowest BCUT2D eigenvalue weighted by Gasteiger charge is -2.20. The SMILES string of the molecule is Cc1cc(C)nc(Nc2ccc(OC(=O)[C@@H](C)N3C(=O)c4ccccc4C3=O)cc2)n1. The van der Waals surface area contributed by atoms with Crippen molar-refractivity contribution in [2.75, 3.05) is 5.32 Å². The fourth-order valence-electron chi connectivity index (χ4n) is 3.38. The van der Waals surface area contributed by atoms with Crippen molar-refractivity contribution in [1.82, 2.24) is 14.9 Å². The molecule has 1 atom stereocenters. The van der Waals surface area contributed by atoms with Crippen LogP contribution in [0.15, 0.2) is 54.6 Å². The molecule has 2 heterocycles. The van der Waals surface area contributed by atoms with E-state index in [2.05, 4.69) is 15.3 Å². The highest BCUT2D eigenvalue weighted by Gasteiger charge is 2.41. The van der Waals surface area contributed by atoms with E-state index in [4.69, 9.17) is 4.74 Å². The third-order valence-electron chi connectivity index (χ3n) is 4.87. The van der Waals surface area contributed by atoms with Gasteiger partial charge in [0.25, 0.3) is 11.8 Å². The number of carbonyl (C=O) groups is 3. The summed E-state index contributed by atoms with van der Waals surface area (Å²) < 4.78 is 5.38. The summed E-state index contributed by atoms with van der Waals surface area (Å²) in [5, 5.41) is 3.10. The van der Waals surface area contributed by atoms with Gasteiger partial charge in [-0.2, -0.15) is 0 Å². The predicted octanol–water partition coefficient (Wildman–Crippen LogP) is 3.43. The van der Waals surface area contributed by atoms with Crippen LogP contribution >= 0.6 is 0 Å². The Labute approximate surface area is 178 Å². The number of amides is 2. The molecule has 2 aromatic carbocycles. The fourth-order valence-corrected chi connectivity index (χ4v) is 3.38. The van der Waals surface area contributed by atoms with E-state index in [9.17, 15) is 14.4 Å². The van der Waals surface area contributed by atoms with Gasteiger partial charge in [-0.15, -0.1) is 0 Å². The van der Waals surface area contributed by atoms with Gasteiger partial charge in [-0.1, -0.05) is 12.1 Å². The molecular formula is C23H20N4O4. The van der Waals surface area contributed by atoms with Crippen molar-refractivity contribution < 1.29 is 19.1 Å². The second kappa shape index (κ2) is 7.98. The van der Waals surface area contributed by atoms with Crippen LogP contribution in [0.2, 0.25) is 0 Å². The first-order chi connectivity index (χ1) is 14.8. The number of nitrogens with one attached hydrogen (secondary N) is 1. The molecule has 0 saturated heterocycles. The number of rotatable bonds is 5. The Hall–Kier alpha value is -4.07. The third-order valence-corrected chi connectivity index (χ3v) is 4.87. The molecule has 1 aromatic heterocycles. The fraction of sp³-hybridized carbons (Fsp3) is 0.174. The van der Waals surface area contributed by atoms with Crippen molar-refractivity contribution in [3.05, 3.63) is 77.1 Å². The standard InChI is InChI=1S/C23H20N4O4/c1-13-12-14(2)25-23(24-13)26-16-8-10-17(11-9-16)31-22(30)15(3)27-20(28)18-6-4-5-7-19(18)21(27)29/h4-12,15H,1-3H3,(H,24,25,26)/t15-/m1/s1. The van der Waals surface area contributed by atoms with Crippen molar-refractivity contribution >= 4 is 29.4 Å². The lowest BCUT2D eigenvalue weighted by atomic mass is 10.1. The van der Waals surface area contributed by atoms with Gasteiger partial charge in [0.15, 0.2) is 0 Å². The number of esters is 1. The summed E-state index contributed by atoms with van der Waals surface area (Å²) >= 11 is 0. The van der Waals surface area contributed by atoms with E-state index >= 15 is 0 Å². The molecule has 156 valence electrons. The average Bonchev–Trinajstić information content (AvgIpc) is 2.99. The second-order valence-corrected chi connectivity index (χ2v) is 7.25. The number of aromatic nitrogens is 2. The monoisotopic (exact) mass is 416 g/mol. The second-order valence-electron chi connectivity index (χ2n) is 7.25. The molecule has 0 aliphatic carbocycles. The van der Waals surface area contributed by atoms with E-state index in [0.717, 1.165) is 22.0 Å². The summed E-state index contributed by atoms with van der Waals surface area (Å²) in [6.45, 7) is 5.24. The molecule has 1 N–H and O–H groups in total. The van der Waals surface area contributed by atoms with Crippen LogP contribution in [0.25, 0.3) is 0 Å². The first kappa shape index (κ1) is 20.2. The molecular weight excluding hydrogens is 396 g/mol. The van der Waals surface area contributed by atoms with Crippen molar-refractivity contribution in [3.8, 4) is 5.75 Å². The van der Waals surface area contributed by atoms with Crippen molar-refractivity contribution in [2.24, 2.45) is 0 Å². The molecule has 0 spiro atoms. The lowest BCUT2D eigenvalue weighted by molar-refractivity contribution is -0.138. The number of aryl methyl sites for hydroxylation is 2. The molecule has 3 aromatic rings. The molecule has 2 amide bonds. The Kier molecular flexibility index (Phi) is 5.21. The minimum atomic E-state index is -1.06. The van der Waals surface area contributed by atoms with E-state index in [1.54, 1.807) is 48.5 Å². The van der Waals surface area contributed by atoms with Gasteiger partial charge in [-0.05, 0) is 63.2 Å². The Balaban J connectivity index is 1.43. The van der Waals surface area contributed by atoms with Gasteiger partial charge >= 0.3 is 5.97 Å². The molecule has 0 saturated carbocycles.